The topological polar surface area (TPSA) is 53.3 Å². The van der Waals surface area contributed by atoms with Crippen molar-refractivity contribution in [2.24, 2.45) is 5.92 Å². The molecule has 19 heavy (non-hydrogen) atoms. The van der Waals surface area contributed by atoms with Crippen molar-refractivity contribution >= 4 is 5.97 Å². The zero-order valence-electron chi connectivity index (χ0n) is 11.3. The van der Waals surface area contributed by atoms with Crippen molar-refractivity contribution < 1.29 is 9.53 Å². The molecule has 0 aromatic heterocycles. The van der Waals surface area contributed by atoms with E-state index in [4.69, 9.17) is 10.00 Å². The number of hydrogen-bond acceptors (Lipinski definition) is 4. The van der Waals surface area contributed by atoms with E-state index in [1.807, 2.05) is 25.1 Å². The van der Waals surface area contributed by atoms with Crippen LogP contribution in [0.3, 0.4) is 0 Å². The van der Waals surface area contributed by atoms with Crippen LogP contribution in [0.1, 0.15) is 18.9 Å². The van der Waals surface area contributed by atoms with Gasteiger partial charge in [-0.05, 0) is 25.5 Å². The van der Waals surface area contributed by atoms with Gasteiger partial charge >= 0.3 is 5.97 Å². The van der Waals surface area contributed by atoms with Gasteiger partial charge in [-0.3, -0.25) is 9.69 Å². The number of benzene rings is 1. The molecule has 0 bridgehead atoms. The average molecular weight is 260 g/mol. The van der Waals surface area contributed by atoms with Crippen molar-refractivity contribution in [1.82, 2.24) is 4.90 Å². The summed E-state index contributed by atoms with van der Waals surface area (Å²) in [6, 6.07) is 10.4. The lowest BCUT2D eigenvalue weighted by atomic mass is 10.1. The summed E-state index contributed by atoms with van der Waals surface area (Å²) >= 11 is 0. The molecule has 0 N–H and O–H groups in total. The minimum atomic E-state index is -0.0388. The summed E-state index contributed by atoms with van der Waals surface area (Å²) in [5.41, 5.74) is 1.30. The second-order valence-electron chi connectivity index (χ2n) is 4.46. The highest BCUT2D eigenvalue weighted by molar-refractivity contribution is 5.73. The lowest BCUT2D eigenvalue weighted by molar-refractivity contribution is -0.147. The van der Waals surface area contributed by atoms with Gasteiger partial charge in [0.1, 0.15) is 0 Å². The van der Waals surface area contributed by atoms with Crippen LogP contribution in [0.2, 0.25) is 0 Å². The van der Waals surface area contributed by atoms with Gasteiger partial charge in [0.15, 0.2) is 0 Å². The van der Waals surface area contributed by atoms with Gasteiger partial charge in [0, 0.05) is 19.7 Å². The predicted molar refractivity (Wildman–Crippen MR) is 73.1 cm³/mol. The summed E-state index contributed by atoms with van der Waals surface area (Å²) < 4.78 is 5.06. The fourth-order valence-corrected chi connectivity index (χ4v) is 2.27. The summed E-state index contributed by atoms with van der Waals surface area (Å²) in [7, 11) is 0. The molecule has 1 aromatic carbocycles. The van der Waals surface area contributed by atoms with E-state index >= 15 is 0 Å². The van der Waals surface area contributed by atoms with Gasteiger partial charge in [0.2, 0.25) is 0 Å². The molecule has 2 rings (SSSR count). The number of hydrogen-bond donors (Lipinski definition) is 0. The van der Waals surface area contributed by atoms with E-state index < -0.39 is 0 Å². The minimum Gasteiger partial charge on any atom is -0.466 e. The van der Waals surface area contributed by atoms with Crippen LogP contribution in [0.4, 0.5) is 0 Å². The number of rotatable bonds is 4. The lowest BCUT2D eigenvalue weighted by Gasteiger charge is -2.15. The minimum absolute atomic E-state index is 0.0388. The van der Waals surface area contributed by atoms with Gasteiger partial charge in [-0.25, -0.2) is 5.26 Å². The van der Waals surface area contributed by atoms with Crippen LogP contribution < -0.4 is 0 Å². The molecule has 1 atom stereocenters. The van der Waals surface area contributed by atoms with Gasteiger partial charge in [-0.15, -0.1) is 0 Å². The molecule has 1 fully saturated rings. The van der Waals surface area contributed by atoms with Crippen LogP contribution in [0.15, 0.2) is 30.3 Å². The van der Waals surface area contributed by atoms with Crippen molar-refractivity contribution in [2.75, 3.05) is 19.7 Å². The maximum atomic E-state index is 11.6. The zero-order valence-corrected chi connectivity index (χ0v) is 11.3. The first-order chi connectivity index (χ1) is 9.29. The molecule has 4 nitrogen and oxygen atoms in total. The monoisotopic (exact) mass is 260 g/mol. The van der Waals surface area contributed by atoms with Gasteiger partial charge < -0.3 is 4.74 Å². The quantitative estimate of drug-likeness (QED) is 0.779. The van der Waals surface area contributed by atoms with Gasteiger partial charge in [0.25, 0.3) is 0 Å². The smallest absolute Gasteiger partial charge is 0.310 e. The fourth-order valence-electron chi connectivity index (χ4n) is 2.27. The second-order valence-corrected chi connectivity index (χ2v) is 4.46. The van der Waals surface area contributed by atoms with Crippen molar-refractivity contribution in [2.45, 2.75) is 19.9 Å². The predicted octanol–water partition coefficient (Wildman–Crippen LogP) is 2.21. The highest BCUT2D eigenvalue weighted by atomic mass is 16.5. The van der Waals surface area contributed by atoms with E-state index in [1.165, 1.54) is 5.56 Å². The van der Waals surface area contributed by atoms with Crippen LogP contribution in [0.5, 0.6) is 0 Å². The maximum Gasteiger partial charge on any atom is 0.310 e. The first kappa shape index (κ1) is 15.2. The van der Waals surface area contributed by atoms with Crippen LogP contribution in [0.25, 0.3) is 0 Å². The number of carbonyl (C=O) groups is 1. The summed E-state index contributed by atoms with van der Waals surface area (Å²) in [4.78, 5) is 13.9. The molecule has 1 unspecified atom stereocenters. The Bertz CT molecular complexity index is 403. The number of nitrogens with zero attached hydrogens (tertiary/aromatic N) is 2. The Labute approximate surface area is 114 Å². The third-order valence-electron chi connectivity index (χ3n) is 3.14. The Morgan fingerprint density at radius 2 is 2.11 bits per heavy atom. The number of ether oxygens (including phenoxy) is 1. The molecule has 0 spiro atoms. The van der Waals surface area contributed by atoms with Crippen LogP contribution in [-0.2, 0) is 16.1 Å². The Balaban J connectivity index is 0.000000861. The Morgan fingerprint density at radius 1 is 1.42 bits per heavy atom. The molecule has 1 aliphatic rings. The third kappa shape index (κ3) is 4.72. The van der Waals surface area contributed by atoms with Crippen LogP contribution in [-0.4, -0.2) is 30.6 Å². The molecule has 0 radical (unpaired) electrons. The lowest BCUT2D eigenvalue weighted by Crippen LogP contribution is -2.24. The average Bonchev–Trinajstić information content (AvgIpc) is 2.91. The van der Waals surface area contributed by atoms with E-state index in [2.05, 4.69) is 23.6 Å². The van der Waals surface area contributed by atoms with E-state index in [1.54, 1.807) is 0 Å². The molecule has 1 saturated heterocycles. The molecule has 0 saturated carbocycles. The van der Waals surface area contributed by atoms with Gasteiger partial charge in [-0.2, -0.15) is 0 Å². The second kappa shape index (κ2) is 8.28. The first-order valence-electron chi connectivity index (χ1n) is 6.48. The first-order valence-corrected chi connectivity index (χ1v) is 6.48. The summed E-state index contributed by atoms with van der Waals surface area (Å²) in [5, 5.41) is 6.50. The zero-order chi connectivity index (χ0) is 14.1. The molecule has 102 valence electrons. The third-order valence-corrected chi connectivity index (χ3v) is 3.14. The van der Waals surface area contributed by atoms with Crippen molar-refractivity contribution in [3.05, 3.63) is 35.9 Å². The molecule has 1 aromatic rings. The molecule has 1 aliphatic heterocycles. The van der Waals surface area contributed by atoms with E-state index in [-0.39, 0.29) is 11.9 Å². The molecule has 4 heteroatoms. The largest absolute Gasteiger partial charge is 0.466 e. The Morgan fingerprint density at radius 3 is 2.74 bits per heavy atom. The van der Waals surface area contributed by atoms with Gasteiger partial charge in [0.05, 0.1) is 12.5 Å². The number of carbonyl (C=O) groups excluding carboxylic acids is 1. The highest BCUT2D eigenvalue weighted by Crippen LogP contribution is 2.19. The van der Waals surface area contributed by atoms with Crippen molar-refractivity contribution in [1.29, 1.82) is 5.26 Å². The maximum absolute atomic E-state index is 11.6. The van der Waals surface area contributed by atoms with E-state index in [0.717, 1.165) is 26.1 Å². The summed E-state index contributed by atoms with van der Waals surface area (Å²) in [5.74, 6) is 0.0294. The number of likely N-dealkylation sites (tertiary alicyclic amines) is 1. The van der Waals surface area contributed by atoms with Crippen LogP contribution >= 0.6 is 0 Å². The van der Waals surface area contributed by atoms with Crippen LogP contribution in [0, 0.1) is 17.8 Å². The SMILES string of the molecule is C#N.CCOC(=O)C1CCN(Cc2ccccc2)C1. The Hall–Kier alpha value is -1.86. The van der Waals surface area contributed by atoms with E-state index in [9.17, 15) is 4.79 Å². The number of nitriles is 1. The van der Waals surface area contributed by atoms with Gasteiger partial charge in [-0.1, -0.05) is 30.3 Å². The standard InChI is InChI=1S/C14H19NO2.CHN/c1-2-17-14(16)13-8-9-15(11-13)10-12-6-4-3-5-7-12;1-2/h3-7,13H,2,8-11H2,1H3;1H. The Kier molecular flexibility index (Phi) is 6.62. The summed E-state index contributed by atoms with van der Waals surface area (Å²) in [6.45, 7) is 8.57. The normalized spacial score (nSPS) is 18.4. The number of esters is 1. The molecular weight excluding hydrogens is 240 g/mol. The summed E-state index contributed by atoms with van der Waals surface area (Å²) in [6.07, 6.45) is 0.922. The fraction of sp³-hybridized carbons (Fsp3) is 0.467. The van der Waals surface area contributed by atoms with E-state index in [0.29, 0.717) is 6.61 Å². The highest BCUT2D eigenvalue weighted by Gasteiger charge is 2.28. The molecule has 0 aliphatic carbocycles. The van der Waals surface area contributed by atoms with Crippen molar-refractivity contribution in [3.8, 4) is 6.57 Å². The van der Waals surface area contributed by atoms with Crippen molar-refractivity contribution in [3.63, 3.8) is 0 Å². The molecular formula is C15H20N2O2. The molecule has 1 heterocycles. The molecule has 0 amide bonds.